The second-order valence-electron chi connectivity index (χ2n) is 4.03. The maximum absolute atomic E-state index is 11.8. The van der Waals surface area contributed by atoms with Crippen LogP contribution in [-0.4, -0.2) is 20.6 Å². The third kappa shape index (κ3) is 1.73. The summed E-state index contributed by atoms with van der Waals surface area (Å²) in [6.07, 6.45) is 0.372. The maximum Gasteiger partial charge on any atom is 0.327 e. The smallest absolute Gasteiger partial charge is 0.327 e. The molecule has 2 rings (SSSR count). The quantitative estimate of drug-likeness (QED) is 0.848. The number of para-hydroxylation sites is 1. The number of aryl methyl sites for hydroxylation is 1. The van der Waals surface area contributed by atoms with Crippen molar-refractivity contribution < 1.29 is 9.90 Å². The highest BCUT2D eigenvalue weighted by molar-refractivity contribution is 5.82. The highest BCUT2D eigenvalue weighted by atomic mass is 16.4. The molecular formula is C12H14N2O3. The van der Waals surface area contributed by atoms with E-state index >= 15 is 0 Å². The minimum Gasteiger partial charge on any atom is -0.480 e. The largest absolute Gasteiger partial charge is 0.480 e. The normalized spacial score (nSPS) is 12.8. The van der Waals surface area contributed by atoms with Crippen molar-refractivity contribution in [1.82, 2.24) is 9.55 Å². The van der Waals surface area contributed by atoms with Crippen LogP contribution in [0.4, 0.5) is 0 Å². The fraction of sp³-hybridized carbons (Fsp3) is 0.333. The Hall–Kier alpha value is -2.04. The minimum atomic E-state index is -0.987. The summed E-state index contributed by atoms with van der Waals surface area (Å²) in [6, 6.07) is 4.65. The second-order valence-corrected chi connectivity index (χ2v) is 4.03. The van der Waals surface area contributed by atoms with Gasteiger partial charge in [-0.05, 0) is 25.0 Å². The van der Waals surface area contributed by atoms with E-state index in [4.69, 9.17) is 5.11 Å². The van der Waals surface area contributed by atoms with Gasteiger partial charge in [-0.15, -0.1) is 0 Å². The van der Waals surface area contributed by atoms with Crippen LogP contribution in [0.2, 0.25) is 0 Å². The molecule has 0 amide bonds. The summed E-state index contributed by atoms with van der Waals surface area (Å²) >= 11 is 0. The Bertz CT molecular complexity index is 624. The van der Waals surface area contributed by atoms with Gasteiger partial charge in [-0.25, -0.2) is 9.59 Å². The Morgan fingerprint density at radius 1 is 1.53 bits per heavy atom. The van der Waals surface area contributed by atoms with Gasteiger partial charge in [-0.2, -0.15) is 0 Å². The average molecular weight is 234 g/mol. The van der Waals surface area contributed by atoms with E-state index in [0.717, 1.165) is 5.56 Å². The Balaban J connectivity index is 2.80. The predicted octanol–water partition coefficient (Wildman–Crippen LogP) is 1.67. The number of benzene rings is 1. The molecule has 0 aliphatic carbocycles. The molecule has 5 nitrogen and oxygen atoms in total. The third-order valence-corrected chi connectivity index (χ3v) is 2.92. The van der Waals surface area contributed by atoms with E-state index in [1.807, 2.05) is 19.1 Å². The van der Waals surface area contributed by atoms with Crippen LogP contribution in [0.1, 0.15) is 24.9 Å². The van der Waals surface area contributed by atoms with Gasteiger partial charge in [0.2, 0.25) is 0 Å². The number of hydrogen-bond donors (Lipinski definition) is 2. The lowest BCUT2D eigenvalue weighted by molar-refractivity contribution is -0.140. The SMILES string of the molecule is CCC(C(=O)O)n1c(=O)[nH]c2cccc(C)c21. The van der Waals surface area contributed by atoms with Gasteiger partial charge in [0.1, 0.15) is 6.04 Å². The molecule has 0 fully saturated rings. The molecule has 17 heavy (non-hydrogen) atoms. The highest BCUT2D eigenvalue weighted by Crippen LogP contribution is 2.20. The first-order chi connectivity index (χ1) is 8.06. The molecular weight excluding hydrogens is 220 g/mol. The van der Waals surface area contributed by atoms with Crippen LogP contribution >= 0.6 is 0 Å². The van der Waals surface area contributed by atoms with Crippen LogP contribution in [0.3, 0.4) is 0 Å². The Morgan fingerprint density at radius 3 is 2.82 bits per heavy atom. The summed E-state index contributed by atoms with van der Waals surface area (Å²) in [4.78, 5) is 25.7. The van der Waals surface area contributed by atoms with Gasteiger partial charge in [0.15, 0.2) is 0 Å². The molecule has 1 aromatic heterocycles. The fourth-order valence-corrected chi connectivity index (χ4v) is 2.12. The second kappa shape index (κ2) is 4.08. The number of carbonyl (C=O) groups is 1. The number of fused-ring (bicyclic) bond motifs is 1. The first kappa shape index (κ1) is 11.4. The van der Waals surface area contributed by atoms with Crippen molar-refractivity contribution in [2.24, 2.45) is 0 Å². The third-order valence-electron chi connectivity index (χ3n) is 2.92. The molecule has 1 unspecified atom stereocenters. The van der Waals surface area contributed by atoms with Crippen molar-refractivity contribution in [3.05, 3.63) is 34.2 Å². The number of aliphatic carboxylic acids is 1. The molecule has 0 saturated carbocycles. The summed E-state index contributed by atoms with van der Waals surface area (Å²) in [5.74, 6) is -0.987. The lowest BCUT2D eigenvalue weighted by Gasteiger charge is -2.12. The Morgan fingerprint density at radius 2 is 2.24 bits per heavy atom. The van der Waals surface area contributed by atoms with Crippen LogP contribution in [0.5, 0.6) is 0 Å². The molecule has 2 aromatic rings. The van der Waals surface area contributed by atoms with Gasteiger partial charge in [0, 0.05) is 0 Å². The van der Waals surface area contributed by atoms with Gasteiger partial charge < -0.3 is 10.1 Å². The standard InChI is InChI=1S/C12H14N2O3/c1-3-9(11(15)16)14-10-7(2)5-4-6-8(10)13-12(14)17/h4-6,9H,3H2,1-2H3,(H,13,17)(H,15,16). The minimum absolute atomic E-state index is 0.372. The average Bonchev–Trinajstić information content (AvgIpc) is 2.58. The van der Waals surface area contributed by atoms with E-state index in [1.54, 1.807) is 13.0 Å². The number of nitrogens with zero attached hydrogens (tertiary/aromatic N) is 1. The van der Waals surface area contributed by atoms with Gasteiger partial charge in [0.25, 0.3) is 0 Å². The summed E-state index contributed by atoms with van der Waals surface area (Å²) in [5, 5.41) is 9.15. The monoisotopic (exact) mass is 234 g/mol. The van der Waals surface area contributed by atoms with Crippen molar-refractivity contribution in [2.75, 3.05) is 0 Å². The summed E-state index contributed by atoms with van der Waals surface area (Å²) in [5.41, 5.74) is 1.87. The first-order valence-electron chi connectivity index (χ1n) is 5.49. The number of H-pyrrole nitrogens is 1. The van der Waals surface area contributed by atoms with Crippen molar-refractivity contribution in [2.45, 2.75) is 26.3 Å². The number of hydrogen-bond acceptors (Lipinski definition) is 2. The van der Waals surface area contributed by atoms with Crippen molar-refractivity contribution in [3.8, 4) is 0 Å². The molecule has 0 radical (unpaired) electrons. The van der Waals surface area contributed by atoms with E-state index in [1.165, 1.54) is 4.57 Å². The van der Waals surface area contributed by atoms with Crippen LogP contribution < -0.4 is 5.69 Å². The number of rotatable bonds is 3. The molecule has 1 heterocycles. The number of nitrogens with one attached hydrogen (secondary N) is 1. The van der Waals surface area contributed by atoms with Gasteiger partial charge in [-0.3, -0.25) is 4.57 Å². The molecule has 0 spiro atoms. The number of carboxylic acid groups (broad SMARTS) is 1. The van der Waals surface area contributed by atoms with Gasteiger partial charge in [0.05, 0.1) is 11.0 Å². The lowest BCUT2D eigenvalue weighted by atomic mass is 10.1. The zero-order chi connectivity index (χ0) is 12.6. The van der Waals surface area contributed by atoms with E-state index in [0.29, 0.717) is 17.5 Å². The van der Waals surface area contributed by atoms with Gasteiger partial charge >= 0.3 is 11.7 Å². The van der Waals surface area contributed by atoms with E-state index in [9.17, 15) is 9.59 Å². The Kier molecular flexibility index (Phi) is 2.75. The molecule has 1 aromatic carbocycles. The molecule has 90 valence electrons. The summed E-state index contributed by atoms with van der Waals surface area (Å²) < 4.78 is 1.33. The van der Waals surface area contributed by atoms with Crippen LogP contribution in [0, 0.1) is 6.92 Å². The highest BCUT2D eigenvalue weighted by Gasteiger charge is 2.22. The number of aromatic amines is 1. The zero-order valence-electron chi connectivity index (χ0n) is 9.73. The topological polar surface area (TPSA) is 75.1 Å². The number of aromatic nitrogens is 2. The number of imidazole rings is 1. The van der Waals surface area contributed by atoms with E-state index < -0.39 is 12.0 Å². The van der Waals surface area contributed by atoms with E-state index in [2.05, 4.69) is 4.98 Å². The lowest BCUT2D eigenvalue weighted by Crippen LogP contribution is -2.27. The zero-order valence-corrected chi connectivity index (χ0v) is 9.73. The fourth-order valence-electron chi connectivity index (χ4n) is 2.12. The first-order valence-corrected chi connectivity index (χ1v) is 5.49. The van der Waals surface area contributed by atoms with Crippen molar-refractivity contribution in [3.63, 3.8) is 0 Å². The Labute approximate surface area is 97.7 Å². The summed E-state index contributed by atoms with van der Waals surface area (Å²) in [6.45, 7) is 3.61. The molecule has 0 bridgehead atoms. The molecule has 2 N–H and O–H groups in total. The van der Waals surface area contributed by atoms with Crippen LogP contribution in [0.25, 0.3) is 11.0 Å². The maximum atomic E-state index is 11.8. The van der Waals surface area contributed by atoms with E-state index in [-0.39, 0.29) is 5.69 Å². The molecule has 1 atom stereocenters. The summed E-state index contributed by atoms with van der Waals surface area (Å²) in [7, 11) is 0. The van der Waals surface area contributed by atoms with Crippen LogP contribution in [-0.2, 0) is 4.79 Å². The predicted molar refractivity (Wildman–Crippen MR) is 64.3 cm³/mol. The van der Waals surface area contributed by atoms with Crippen LogP contribution in [0.15, 0.2) is 23.0 Å². The van der Waals surface area contributed by atoms with Crippen molar-refractivity contribution >= 4 is 17.0 Å². The van der Waals surface area contributed by atoms with Crippen molar-refractivity contribution in [1.29, 1.82) is 0 Å². The molecule has 0 saturated heterocycles. The molecule has 5 heteroatoms. The van der Waals surface area contributed by atoms with Gasteiger partial charge in [-0.1, -0.05) is 19.1 Å². The number of carboxylic acids is 1. The molecule has 0 aliphatic heterocycles. The molecule has 0 aliphatic rings.